The maximum atomic E-state index is 12.7. The van der Waals surface area contributed by atoms with Crippen molar-refractivity contribution in [2.24, 2.45) is 5.92 Å². The fourth-order valence-electron chi connectivity index (χ4n) is 4.67. The number of hydrogen-bond donors (Lipinski definition) is 0. The average molecular weight is 414 g/mol. The van der Waals surface area contributed by atoms with E-state index in [4.69, 9.17) is 4.74 Å². The number of aromatic nitrogens is 1. The number of benzene rings is 1. The van der Waals surface area contributed by atoms with Crippen LogP contribution in [-0.2, 0) is 11.3 Å². The maximum absolute atomic E-state index is 12.7. The molecular formula is C24H35N3O3. The van der Waals surface area contributed by atoms with Gasteiger partial charge in [-0.25, -0.2) is 0 Å². The van der Waals surface area contributed by atoms with Gasteiger partial charge in [-0.3, -0.25) is 9.59 Å². The number of ether oxygens (including phenoxy) is 1. The molecule has 2 heterocycles. The zero-order chi connectivity index (χ0) is 21.7. The van der Waals surface area contributed by atoms with Crippen LogP contribution < -0.4 is 4.74 Å². The van der Waals surface area contributed by atoms with Crippen molar-refractivity contribution in [3.63, 3.8) is 0 Å². The van der Waals surface area contributed by atoms with Crippen molar-refractivity contribution in [1.29, 1.82) is 0 Å². The van der Waals surface area contributed by atoms with Crippen LogP contribution in [0.25, 0.3) is 10.9 Å². The van der Waals surface area contributed by atoms with E-state index in [-0.39, 0.29) is 11.7 Å². The molecule has 1 aliphatic heterocycles. The second-order valence-corrected chi connectivity index (χ2v) is 8.15. The molecule has 0 N–H and O–H groups in total. The first kappa shape index (κ1) is 22.3. The van der Waals surface area contributed by atoms with E-state index in [9.17, 15) is 9.59 Å². The lowest BCUT2D eigenvalue weighted by Crippen LogP contribution is -2.45. The number of carbonyl (C=O) groups excluding carboxylic acids is 2. The molecule has 1 aliphatic rings. The number of aryl methyl sites for hydroxylation is 1. The first-order valence-electron chi connectivity index (χ1n) is 11.2. The quantitative estimate of drug-likeness (QED) is 0.587. The van der Waals surface area contributed by atoms with Crippen LogP contribution in [0.3, 0.4) is 0 Å². The Kier molecular flexibility index (Phi) is 7.53. The van der Waals surface area contributed by atoms with Crippen LogP contribution in [0.1, 0.15) is 50.4 Å². The number of Topliss-reactive ketones (excluding diaryl/α,β-unsaturated/α-hetero) is 1. The minimum absolute atomic E-state index is 0.0702. The van der Waals surface area contributed by atoms with Crippen LogP contribution in [0.2, 0.25) is 0 Å². The standard InChI is InChI=1S/C24H35N3O3/c1-5-26(6-2)24(29)19-10-8-13-25(16-19)14-9-15-27-17-21(18(3)28)20-11-7-12-22(30-4)23(20)27/h7,11-12,17,19H,5-6,8-10,13-16H2,1-4H3. The van der Waals surface area contributed by atoms with Gasteiger partial charge >= 0.3 is 0 Å². The van der Waals surface area contributed by atoms with Crippen LogP contribution in [0, 0.1) is 5.92 Å². The summed E-state index contributed by atoms with van der Waals surface area (Å²) in [6.45, 7) is 10.9. The molecule has 3 rings (SSSR count). The Morgan fingerprint density at radius 3 is 2.63 bits per heavy atom. The number of para-hydroxylation sites is 1. The minimum Gasteiger partial charge on any atom is -0.495 e. The number of ketones is 1. The SMILES string of the molecule is CCN(CC)C(=O)C1CCCN(CCCn2cc(C(C)=O)c3cccc(OC)c32)C1. The Balaban J connectivity index is 1.66. The van der Waals surface area contributed by atoms with Gasteiger partial charge in [-0.05, 0) is 59.2 Å². The maximum Gasteiger partial charge on any atom is 0.226 e. The fraction of sp³-hybridized carbons (Fsp3) is 0.583. The highest BCUT2D eigenvalue weighted by atomic mass is 16.5. The predicted molar refractivity (Wildman–Crippen MR) is 120 cm³/mol. The molecule has 6 heteroatoms. The summed E-state index contributed by atoms with van der Waals surface area (Å²) >= 11 is 0. The molecule has 1 amide bonds. The number of rotatable bonds is 9. The van der Waals surface area contributed by atoms with E-state index in [0.717, 1.165) is 80.7 Å². The van der Waals surface area contributed by atoms with Gasteiger partial charge in [-0.2, -0.15) is 0 Å². The molecule has 30 heavy (non-hydrogen) atoms. The van der Waals surface area contributed by atoms with Gasteiger partial charge in [-0.1, -0.05) is 12.1 Å². The summed E-state index contributed by atoms with van der Waals surface area (Å²) in [7, 11) is 1.67. The summed E-state index contributed by atoms with van der Waals surface area (Å²) in [4.78, 5) is 29.2. The molecule has 1 saturated heterocycles. The van der Waals surface area contributed by atoms with Crippen LogP contribution in [0.5, 0.6) is 5.75 Å². The average Bonchev–Trinajstić information content (AvgIpc) is 3.14. The molecule has 6 nitrogen and oxygen atoms in total. The molecule has 0 bridgehead atoms. The highest BCUT2D eigenvalue weighted by Gasteiger charge is 2.28. The molecular weight excluding hydrogens is 378 g/mol. The van der Waals surface area contributed by atoms with Gasteiger partial charge in [0.05, 0.1) is 18.5 Å². The number of fused-ring (bicyclic) bond motifs is 1. The normalized spacial score (nSPS) is 17.3. The van der Waals surface area contributed by atoms with Gasteiger partial charge in [0.15, 0.2) is 5.78 Å². The fourth-order valence-corrected chi connectivity index (χ4v) is 4.67. The number of piperidine rings is 1. The van der Waals surface area contributed by atoms with Crippen LogP contribution >= 0.6 is 0 Å². The zero-order valence-electron chi connectivity index (χ0n) is 18.8. The molecule has 2 aromatic rings. The van der Waals surface area contributed by atoms with Crippen LogP contribution in [-0.4, -0.2) is 65.9 Å². The Hall–Kier alpha value is -2.34. The second-order valence-electron chi connectivity index (χ2n) is 8.15. The molecule has 0 spiro atoms. The largest absolute Gasteiger partial charge is 0.495 e. The van der Waals surface area contributed by atoms with E-state index in [1.165, 1.54) is 0 Å². The topological polar surface area (TPSA) is 54.8 Å². The summed E-state index contributed by atoms with van der Waals surface area (Å²) in [6.07, 6.45) is 4.99. The number of nitrogens with zero attached hydrogens (tertiary/aromatic N) is 3. The number of amides is 1. The van der Waals surface area contributed by atoms with Crippen molar-refractivity contribution >= 4 is 22.6 Å². The molecule has 1 unspecified atom stereocenters. The first-order chi connectivity index (χ1) is 14.5. The van der Waals surface area contributed by atoms with E-state index in [0.29, 0.717) is 5.91 Å². The highest BCUT2D eigenvalue weighted by Crippen LogP contribution is 2.30. The van der Waals surface area contributed by atoms with Gasteiger partial charge < -0.3 is 19.1 Å². The molecule has 0 radical (unpaired) electrons. The van der Waals surface area contributed by atoms with Crippen molar-refractivity contribution in [2.75, 3.05) is 39.8 Å². The molecule has 0 saturated carbocycles. The molecule has 1 aromatic carbocycles. The monoisotopic (exact) mass is 413 g/mol. The Bertz CT molecular complexity index is 885. The third kappa shape index (κ3) is 4.69. The molecule has 1 aromatic heterocycles. The predicted octanol–water partition coefficient (Wildman–Crippen LogP) is 3.82. The Morgan fingerprint density at radius 1 is 1.20 bits per heavy atom. The lowest BCUT2D eigenvalue weighted by atomic mass is 9.96. The Morgan fingerprint density at radius 2 is 1.97 bits per heavy atom. The van der Waals surface area contributed by atoms with E-state index in [1.54, 1.807) is 14.0 Å². The van der Waals surface area contributed by atoms with E-state index < -0.39 is 0 Å². The first-order valence-corrected chi connectivity index (χ1v) is 11.2. The van der Waals surface area contributed by atoms with E-state index in [2.05, 4.69) is 9.47 Å². The minimum atomic E-state index is 0.0702. The van der Waals surface area contributed by atoms with Gasteiger partial charge in [0.1, 0.15) is 5.75 Å². The van der Waals surface area contributed by atoms with Gasteiger partial charge in [-0.15, -0.1) is 0 Å². The van der Waals surface area contributed by atoms with Crippen LogP contribution in [0.15, 0.2) is 24.4 Å². The number of hydrogen-bond acceptors (Lipinski definition) is 4. The summed E-state index contributed by atoms with van der Waals surface area (Å²) in [5.74, 6) is 1.29. The van der Waals surface area contributed by atoms with Gasteiger partial charge in [0.2, 0.25) is 5.91 Å². The van der Waals surface area contributed by atoms with Gasteiger partial charge in [0.25, 0.3) is 0 Å². The lowest BCUT2D eigenvalue weighted by molar-refractivity contribution is -0.137. The molecule has 1 fully saturated rings. The lowest BCUT2D eigenvalue weighted by Gasteiger charge is -2.34. The third-order valence-electron chi connectivity index (χ3n) is 6.26. The summed E-state index contributed by atoms with van der Waals surface area (Å²) in [5.41, 5.74) is 1.73. The van der Waals surface area contributed by atoms with Gasteiger partial charge in [0, 0.05) is 43.3 Å². The number of methoxy groups -OCH3 is 1. The third-order valence-corrected chi connectivity index (χ3v) is 6.26. The van der Waals surface area contributed by atoms with Crippen molar-refractivity contribution in [3.05, 3.63) is 30.0 Å². The smallest absolute Gasteiger partial charge is 0.226 e. The summed E-state index contributed by atoms with van der Waals surface area (Å²) in [6, 6.07) is 5.86. The highest BCUT2D eigenvalue weighted by molar-refractivity contribution is 6.08. The molecule has 1 atom stereocenters. The number of carbonyl (C=O) groups is 2. The van der Waals surface area contributed by atoms with Crippen molar-refractivity contribution in [3.8, 4) is 5.75 Å². The summed E-state index contributed by atoms with van der Waals surface area (Å²) in [5, 5.41) is 0.949. The summed E-state index contributed by atoms with van der Waals surface area (Å²) < 4.78 is 7.70. The molecule has 164 valence electrons. The molecule has 0 aliphatic carbocycles. The van der Waals surface area contributed by atoms with E-state index >= 15 is 0 Å². The Labute approximate surface area is 179 Å². The second kappa shape index (κ2) is 10.1. The number of likely N-dealkylation sites (tertiary alicyclic amines) is 1. The van der Waals surface area contributed by atoms with Crippen LogP contribution in [0.4, 0.5) is 0 Å². The van der Waals surface area contributed by atoms with Crippen molar-refractivity contribution in [2.45, 2.75) is 46.6 Å². The van der Waals surface area contributed by atoms with Crippen molar-refractivity contribution in [1.82, 2.24) is 14.4 Å². The zero-order valence-corrected chi connectivity index (χ0v) is 18.8. The van der Waals surface area contributed by atoms with Crippen molar-refractivity contribution < 1.29 is 14.3 Å². The van der Waals surface area contributed by atoms with E-state index in [1.807, 2.05) is 43.1 Å².